The summed E-state index contributed by atoms with van der Waals surface area (Å²) >= 11 is 5.97. The Labute approximate surface area is 131 Å². The molecule has 118 valence electrons. The van der Waals surface area contributed by atoms with E-state index >= 15 is 0 Å². The molecule has 6 nitrogen and oxygen atoms in total. The molecule has 1 aromatic rings. The lowest BCUT2D eigenvalue weighted by molar-refractivity contribution is 0.221. The molecule has 0 aliphatic carbocycles. The van der Waals surface area contributed by atoms with E-state index in [4.69, 9.17) is 16.3 Å². The largest absolute Gasteiger partial charge is 0.461 e. The first-order chi connectivity index (χ1) is 9.94. The third kappa shape index (κ3) is 4.97. The Morgan fingerprint density at radius 3 is 2.48 bits per heavy atom. The first kappa shape index (κ1) is 16.2. The molecule has 21 heavy (non-hydrogen) atoms. The van der Waals surface area contributed by atoms with Crippen molar-refractivity contribution in [3.05, 3.63) is 5.28 Å². The van der Waals surface area contributed by atoms with Gasteiger partial charge < -0.3 is 14.5 Å². The van der Waals surface area contributed by atoms with Crippen molar-refractivity contribution in [1.82, 2.24) is 19.9 Å². The van der Waals surface area contributed by atoms with Gasteiger partial charge in [0, 0.05) is 19.6 Å². The maximum Gasteiger partial charge on any atom is 0.322 e. The van der Waals surface area contributed by atoms with E-state index in [-0.39, 0.29) is 11.4 Å². The van der Waals surface area contributed by atoms with E-state index in [0.29, 0.717) is 12.0 Å². The van der Waals surface area contributed by atoms with Gasteiger partial charge in [-0.15, -0.1) is 0 Å². The maximum atomic E-state index is 5.97. The Morgan fingerprint density at radius 2 is 1.90 bits per heavy atom. The van der Waals surface area contributed by atoms with E-state index in [9.17, 15) is 0 Å². The van der Waals surface area contributed by atoms with Crippen molar-refractivity contribution < 1.29 is 4.74 Å². The van der Waals surface area contributed by atoms with Gasteiger partial charge >= 0.3 is 6.01 Å². The summed E-state index contributed by atoms with van der Waals surface area (Å²) in [4.78, 5) is 17.0. The summed E-state index contributed by atoms with van der Waals surface area (Å²) < 4.78 is 5.52. The third-order valence-corrected chi connectivity index (χ3v) is 3.61. The molecule has 1 saturated heterocycles. The second-order valence-corrected chi connectivity index (χ2v) is 6.38. The standard InChI is InChI=1S/C14H24ClN5O/c1-10(2)21-14-17-12(15)16-13(18-14)20-7-5-11(6-8-20)9-19(3)4/h10-11H,5-9H2,1-4H3. The summed E-state index contributed by atoms with van der Waals surface area (Å²) in [5, 5.41) is 0.186. The summed E-state index contributed by atoms with van der Waals surface area (Å²) in [5.74, 6) is 1.36. The number of rotatable bonds is 5. The minimum absolute atomic E-state index is 0.0159. The van der Waals surface area contributed by atoms with Gasteiger partial charge in [0.2, 0.25) is 11.2 Å². The van der Waals surface area contributed by atoms with Gasteiger partial charge in [0.25, 0.3) is 0 Å². The molecule has 1 aromatic heterocycles. The number of hydrogen-bond acceptors (Lipinski definition) is 6. The molecule has 0 spiro atoms. The monoisotopic (exact) mass is 313 g/mol. The van der Waals surface area contributed by atoms with Crippen LogP contribution < -0.4 is 9.64 Å². The van der Waals surface area contributed by atoms with E-state index in [2.05, 4.69) is 38.8 Å². The molecule has 0 radical (unpaired) electrons. The highest BCUT2D eigenvalue weighted by molar-refractivity contribution is 6.28. The quantitative estimate of drug-likeness (QED) is 0.829. The molecule has 0 atom stereocenters. The van der Waals surface area contributed by atoms with Crippen LogP contribution in [0.5, 0.6) is 6.01 Å². The number of halogens is 1. The van der Waals surface area contributed by atoms with Gasteiger partial charge in [-0.05, 0) is 58.3 Å². The SMILES string of the molecule is CC(C)Oc1nc(Cl)nc(N2CCC(CN(C)C)CC2)n1. The molecular weight excluding hydrogens is 290 g/mol. The van der Waals surface area contributed by atoms with Crippen LogP contribution >= 0.6 is 11.6 Å². The van der Waals surface area contributed by atoms with E-state index in [0.717, 1.165) is 38.4 Å². The predicted molar refractivity (Wildman–Crippen MR) is 84.1 cm³/mol. The van der Waals surface area contributed by atoms with Crippen LogP contribution in [-0.2, 0) is 0 Å². The number of piperidine rings is 1. The van der Waals surface area contributed by atoms with Crippen molar-refractivity contribution in [2.24, 2.45) is 5.92 Å². The zero-order valence-electron chi connectivity index (χ0n) is 13.2. The number of nitrogens with zero attached hydrogens (tertiary/aromatic N) is 5. The predicted octanol–water partition coefficient (Wildman–Crippen LogP) is 2.09. The van der Waals surface area contributed by atoms with Gasteiger partial charge in [0.15, 0.2) is 0 Å². The summed E-state index contributed by atoms with van der Waals surface area (Å²) in [7, 11) is 4.24. The highest BCUT2D eigenvalue weighted by Gasteiger charge is 2.22. The Balaban J connectivity index is 2.01. The van der Waals surface area contributed by atoms with Crippen molar-refractivity contribution in [2.75, 3.05) is 38.6 Å². The molecule has 0 bridgehead atoms. The van der Waals surface area contributed by atoms with Gasteiger partial charge in [-0.1, -0.05) is 0 Å². The molecule has 2 heterocycles. The molecule has 7 heteroatoms. The fraction of sp³-hybridized carbons (Fsp3) is 0.786. The van der Waals surface area contributed by atoms with Crippen LogP contribution in [0.1, 0.15) is 26.7 Å². The molecule has 1 aliphatic heterocycles. The van der Waals surface area contributed by atoms with Crippen molar-refractivity contribution in [1.29, 1.82) is 0 Å². The zero-order valence-corrected chi connectivity index (χ0v) is 14.0. The number of aromatic nitrogens is 3. The first-order valence-corrected chi connectivity index (χ1v) is 7.79. The first-order valence-electron chi connectivity index (χ1n) is 7.42. The Morgan fingerprint density at radius 1 is 1.24 bits per heavy atom. The van der Waals surface area contributed by atoms with Gasteiger partial charge in [0.1, 0.15) is 0 Å². The molecule has 0 amide bonds. The van der Waals surface area contributed by atoms with Crippen LogP contribution in [0, 0.1) is 5.92 Å². The smallest absolute Gasteiger partial charge is 0.322 e. The second kappa shape index (κ2) is 7.22. The van der Waals surface area contributed by atoms with Crippen LogP contribution in [0.25, 0.3) is 0 Å². The van der Waals surface area contributed by atoms with Gasteiger partial charge in [-0.3, -0.25) is 0 Å². The fourth-order valence-corrected chi connectivity index (χ4v) is 2.71. The Kier molecular flexibility index (Phi) is 5.58. The van der Waals surface area contributed by atoms with Crippen LogP contribution in [0.15, 0.2) is 0 Å². The molecule has 0 unspecified atom stereocenters. The highest BCUT2D eigenvalue weighted by atomic mass is 35.5. The van der Waals surface area contributed by atoms with Gasteiger partial charge in [-0.25, -0.2) is 0 Å². The molecule has 0 N–H and O–H groups in total. The number of ether oxygens (including phenoxy) is 1. The lowest BCUT2D eigenvalue weighted by atomic mass is 9.97. The number of hydrogen-bond donors (Lipinski definition) is 0. The van der Waals surface area contributed by atoms with E-state index in [1.54, 1.807) is 0 Å². The minimum atomic E-state index is 0.0159. The van der Waals surface area contributed by atoms with Crippen LogP contribution in [-0.4, -0.2) is 59.7 Å². The van der Waals surface area contributed by atoms with Crippen LogP contribution in [0.4, 0.5) is 5.95 Å². The Hall–Kier alpha value is -1.14. The molecule has 0 saturated carbocycles. The topological polar surface area (TPSA) is 54.4 Å². The Bertz CT molecular complexity index is 461. The summed E-state index contributed by atoms with van der Waals surface area (Å²) in [6, 6.07) is 0.301. The molecule has 1 aliphatic rings. The summed E-state index contributed by atoms with van der Waals surface area (Å²) in [6.45, 7) is 6.89. The second-order valence-electron chi connectivity index (χ2n) is 6.05. The molecule has 2 rings (SSSR count). The summed E-state index contributed by atoms with van der Waals surface area (Å²) in [6.07, 6.45) is 2.30. The van der Waals surface area contributed by atoms with Crippen molar-refractivity contribution in [3.8, 4) is 6.01 Å². The molecule has 1 fully saturated rings. The zero-order chi connectivity index (χ0) is 15.4. The average molecular weight is 314 g/mol. The van der Waals surface area contributed by atoms with Crippen LogP contribution in [0.3, 0.4) is 0 Å². The lowest BCUT2D eigenvalue weighted by Crippen LogP contribution is -2.38. The summed E-state index contributed by atoms with van der Waals surface area (Å²) in [5.41, 5.74) is 0. The normalized spacial score (nSPS) is 16.8. The van der Waals surface area contributed by atoms with Crippen molar-refractivity contribution in [2.45, 2.75) is 32.8 Å². The van der Waals surface area contributed by atoms with E-state index < -0.39 is 0 Å². The van der Waals surface area contributed by atoms with Gasteiger partial charge in [-0.2, -0.15) is 15.0 Å². The molecular formula is C14H24ClN5O. The third-order valence-electron chi connectivity index (χ3n) is 3.44. The lowest BCUT2D eigenvalue weighted by Gasteiger charge is -2.33. The number of anilines is 1. The molecule has 0 aromatic carbocycles. The highest BCUT2D eigenvalue weighted by Crippen LogP contribution is 2.23. The maximum absolute atomic E-state index is 5.97. The fourth-order valence-electron chi connectivity index (χ4n) is 2.56. The average Bonchev–Trinajstić information content (AvgIpc) is 2.37. The van der Waals surface area contributed by atoms with Gasteiger partial charge in [0.05, 0.1) is 6.10 Å². The van der Waals surface area contributed by atoms with Crippen molar-refractivity contribution in [3.63, 3.8) is 0 Å². The van der Waals surface area contributed by atoms with E-state index in [1.807, 2.05) is 13.8 Å². The minimum Gasteiger partial charge on any atom is -0.461 e. The van der Waals surface area contributed by atoms with Crippen molar-refractivity contribution >= 4 is 17.5 Å². The van der Waals surface area contributed by atoms with Crippen LogP contribution in [0.2, 0.25) is 5.28 Å². The van der Waals surface area contributed by atoms with E-state index in [1.165, 1.54) is 0 Å².